The van der Waals surface area contributed by atoms with Gasteiger partial charge in [-0.2, -0.15) is 0 Å². The molecule has 4 nitrogen and oxygen atoms in total. The number of aromatic nitrogens is 1. The third kappa shape index (κ3) is 2.79. The predicted molar refractivity (Wildman–Crippen MR) is 49.7 cm³/mol. The van der Waals surface area contributed by atoms with Crippen LogP contribution in [0.5, 0.6) is 5.88 Å². The smallest absolute Gasteiger partial charge is 0.384 e. The first-order valence-electron chi connectivity index (χ1n) is 3.87. The van der Waals surface area contributed by atoms with E-state index in [9.17, 15) is 4.79 Å². The van der Waals surface area contributed by atoms with Crippen molar-refractivity contribution in [2.24, 2.45) is 0 Å². The molecule has 0 aliphatic carbocycles. The first kappa shape index (κ1) is 10.1. The Morgan fingerprint density at radius 3 is 2.86 bits per heavy atom. The average molecular weight is 191 g/mol. The van der Waals surface area contributed by atoms with Gasteiger partial charge in [-0.05, 0) is 12.0 Å². The largest absolute Gasteiger partial charge is 0.481 e. The summed E-state index contributed by atoms with van der Waals surface area (Å²) >= 11 is 0. The number of esters is 1. The highest BCUT2D eigenvalue weighted by atomic mass is 16.5. The molecule has 1 aromatic rings. The van der Waals surface area contributed by atoms with Crippen molar-refractivity contribution in [2.45, 2.75) is 0 Å². The van der Waals surface area contributed by atoms with E-state index >= 15 is 0 Å². The molecule has 1 heterocycles. The fourth-order valence-electron chi connectivity index (χ4n) is 0.764. The van der Waals surface area contributed by atoms with Gasteiger partial charge in [-0.25, -0.2) is 9.78 Å². The third-order valence-electron chi connectivity index (χ3n) is 1.41. The summed E-state index contributed by atoms with van der Waals surface area (Å²) in [7, 11) is 2.79. The number of ether oxygens (including phenoxy) is 2. The van der Waals surface area contributed by atoms with Crippen LogP contribution in [0.4, 0.5) is 0 Å². The Balaban J connectivity index is 2.84. The number of rotatable bonds is 1. The molecule has 0 atom stereocenters. The Bertz CT molecular complexity index is 390. The molecule has 0 bridgehead atoms. The minimum absolute atomic E-state index is 0.460. The van der Waals surface area contributed by atoms with Crippen LogP contribution in [-0.2, 0) is 9.53 Å². The van der Waals surface area contributed by atoms with Gasteiger partial charge in [0.1, 0.15) is 5.69 Å². The SMILES string of the molecule is COC(=O)C#Cc1cccc(OC)n1. The Morgan fingerprint density at radius 2 is 2.21 bits per heavy atom. The number of hydrogen-bond donors (Lipinski definition) is 0. The van der Waals surface area contributed by atoms with Crippen LogP contribution in [0, 0.1) is 11.8 Å². The summed E-state index contributed by atoms with van der Waals surface area (Å²) in [5, 5.41) is 0. The van der Waals surface area contributed by atoms with Crippen LogP contribution in [0.1, 0.15) is 5.69 Å². The van der Waals surface area contributed by atoms with Crippen molar-refractivity contribution >= 4 is 5.97 Å². The van der Waals surface area contributed by atoms with Crippen molar-refractivity contribution in [3.63, 3.8) is 0 Å². The molecule has 0 aliphatic heterocycles. The lowest BCUT2D eigenvalue weighted by atomic mass is 10.3. The molecule has 0 aliphatic rings. The Labute approximate surface area is 81.9 Å². The summed E-state index contributed by atoms with van der Waals surface area (Å²) < 4.78 is 9.25. The van der Waals surface area contributed by atoms with Crippen LogP contribution in [0.25, 0.3) is 0 Å². The van der Waals surface area contributed by atoms with Gasteiger partial charge >= 0.3 is 5.97 Å². The Morgan fingerprint density at radius 1 is 1.43 bits per heavy atom. The molecule has 0 spiro atoms. The summed E-state index contributed by atoms with van der Waals surface area (Å²) in [5.41, 5.74) is 0.467. The standard InChI is InChI=1S/C10H9NO3/c1-13-9-5-3-4-8(11-9)6-7-10(12)14-2/h3-5H,1-2H3. The van der Waals surface area contributed by atoms with E-state index in [4.69, 9.17) is 4.74 Å². The average Bonchev–Trinajstić information content (AvgIpc) is 2.26. The van der Waals surface area contributed by atoms with Gasteiger partial charge < -0.3 is 9.47 Å². The number of methoxy groups -OCH3 is 2. The summed E-state index contributed by atoms with van der Waals surface area (Å²) in [6.07, 6.45) is 0. The maximum atomic E-state index is 10.7. The number of carbonyl (C=O) groups is 1. The van der Waals surface area contributed by atoms with Crippen LogP contribution >= 0.6 is 0 Å². The highest BCUT2D eigenvalue weighted by Crippen LogP contribution is 2.04. The van der Waals surface area contributed by atoms with Crippen molar-refractivity contribution in [3.8, 4) is 17.7 Å². The molecular formula is C10H9NO3. The van der Waals surface area contributed by atoms with Gasteiger partial charge in [0.05, 0.1) is 14.2 Å². The molecule has 0 saturated heterocycles. The molecular weight excluding hydrogens is 182 g/mol. The zero-order valence-corrected chi connectivity index (χ0v) is 7.90. The maximum absolute atomic E-state index is 10.7. The zero-order valence-electron chi connectivity index (χ0n) is 7.90. The van der Waals surface area contributed by atoms with Crippen molar-refractivity contribution < 1.29 is 14.3 Å². The molecule has 72 valence electrons. The second-order valence-electron chi connectivity index (χ2n) is 2.31. The van der Waals surface area contributed by atoms with Crippen LogP contribution in [0.2, 0.25) is 0 Å². The fraction of sp³-hybridized carbons (Fsp3) is 0.200. The van der Waals surface area contributed by atoms with Gasteiger partial charge in [-0.1, -0.05) is 6.07 Å². The second kappa shape index (κ2) is 4.87. The minimum Gasteiger partial charge on any atom is -0.481 e. The molecule has 4 heteroatoms. The van der Waals surface area contributed by atoms with Gasteiger partial charge in [-0.15, -0.1) is 0 Å². The van der Waals surface area contributed by atoms with Crippen LogP contribution in [0.3, 0.4) is 0 Å². The van der Waals surface area contributed by atoms with Gasteiger partial charge in [0.25, 0.3) is 0 Å². The zero-order chi connectivity index (χ0) is 10.4. The van der Waals surface area contributed by atoms with E-state index < -0.39 is 5.97 Å². The van der Waals surface area contributed by atoms with E-state index in [0.29, 0.717) is 11.6 Å². The van der Waals surface area contributed by atoms with E-state index in [1.807, 2.05) is 0 Å². The lowest BCUT2D eigenvalue weighted by Crippen LogP contribution is -1.95. The molecule has 14 heavy (non-hydrogen) atoms. The lowest BCUT2D eigenvalue weighted by molar-refractivity contribution is -0.133. The highest BCUT2D eigenvalue weighted by molar-refractivity contribution is 5.88. The minimum atomic E-state index is -0.588. The topological polar surface area (TPSA) is 48.4 Å². The molecule has 0 unspecified atom stereocenters. The van der Waals surface area contributed by atoms with E-state index in [1.54, 1.807) is 18.2 Å². The predicted octanol–water partition coefficient (Wildman–Crippen LogP) is 0.615. The van der Waals surface area contributed by atoms with Gasteiger partial charge in [0.2, 0.25) is 5.88 Å². The van der Waals surface area contributed by atoms with E-state index in [2.05, 4.69) is 21.6 Å². The monoisotopic (exact) mass is 191 g/mol. The number of hydrogen-bond acceptors (Lipinski definition) is 4. The van der Waals surface area contributed by atoms with Crippen molar-refractivity contribution in [1.82, 2.24) is 4.98 Å². The molecule has 0 N–H and O–H groups in total. The van der Waals surface area contributed by atoms with Crippen LogP contribution in [-0.4, -0.2) is 25.2 Å². The van der Waals surface area contributed by atoms with Crippen LogP contribution in [0.15, 0.2) is 18.2 Å². The van der Waals surface area contributed by atoms with Crippen LogP contribution < -0.4 is 4.74 Å². The van der Waals surface area contributed by atoms with E-state index in [-0.39, 0.29) is 0 Å². The molecule has 0 saturated carbocycles. The van der Waals surface area contributed by atoms with E-state index in [0.717, 1.165) is 0 Å². The quantitative estimate of drug-likeness (QED) is 0.482. The van der Waals surface area contributed by atoms with Gasteiger partial charge in [-0.3, -0.25) is 0 Å². The maximum Gasteiger partial charge on any atom is 0.384 e. The number of pyridine rings is 1. The molecule has 0 amide bonds. The molecule has 0 radical (unpaired) electrons. The molecule has 1 aromatic heterocycles. The number of carbonyl (C=O) groups excluding carboxylic acids is 1. The van der Waals surface area contributed by atoms with E-state index in [1.165, 1.54) is 14.2 Å². The molecule has 0 aromatic carbocycles. The lowest BCUT2D eigenvalue weighted by Gasteiger charge is -1.96. The Kier molecular flexibility index (Phi) is 3.50. The summed E-state index contributed by atoms with van der Waals surface area (Å²) in [4.78, 5) is 14.7. The first-order valence-corrected chi connectivity index (χ1v) is 3.87. The van der Waals surface area contributed by atoms with Crippen molar-refractivity contribution in [2.75, 3.05) is 14.2 Å². The Hall–Kier alpha value is -2.02. The number of nitrogens with zero attached hydrogens (tertiary/aromatic N) is 1. The summed E-state index contributed by atoms with van der Waals surface area (Å²) in [6.45, 7) is 0. The molecule has 0 fully saturated rings. The van der Waals surface area contributed by atoms with Gasteiger partial charge in [0.15, 0.2) is 0 Å². The second-order valence-corrected chi connectivity index (χ2v) is 2.31. The van der Waals surface area contributed by atoms with Crippen molar-refractivity contribution in [3.05, 3.63) is 23.9 Å². The van der Waals surface area contributed by atoms with Gasteiger partial charge in [0, 0.05) is 12.0 Å². The summed E-state index contributed by atoms with van der Waals surface area (Å²) in [6, 6.07) is 5.12. The van der Waals surface area contributed by atoms with Crippen molar-refractivity contribution in [1.29, 1.82) is 0 Å². The normalized spacial score (nSPS) is 8.43. The highest BCUT2D eigenvalue weighted by Gasteiger charge is 1.94. The fourth-order valence-corrected chi connectivity index (χ4v) is 0.764. The first-order chi connectivity index (χ1) is 6.76. The molecule has 1 rings (SSSR count). The third-order valence-corrected chi connectivity index (χ3v) is 1.41. The summed E-state index contributed by atoms with van der Waals surface area (Å²) in [5.74, 6) is 4.70.